The van der Waals surface area contributed by atoms with Gasteiger partial charge in [-0.1, -0.05) is 78.9 Å². The van der Waals surface area contributed by atoms with Crippen molar-refractivity contribution >= 4 is 17.9 Å². The SMILES string of the molecule is O=C(c1ccccc1)c1ccc(C=Cc2ccc(F)cc2)cc1. The standard InChI is InChI=1S/C21H15FO/c22-20-14-10-17(11-15-20)7-6-16-8-12-19(13-9-16)21(23)18-4-2-1-3-5-18/h1-15H. The Labute approximate surface area is 134 Å². The van der Waals surface area contributed by atoms with Crippen molar-refractivity contribution in [3.05, 3.63) is 107 Å². The van der Waals surface area contributed by atoms with Crippen LogP contribution in [0, 0.1) is 5.82 Å². The fourth-order valence-corrected chi connectivity index (χ4v) is 2.27. The van der Waals surface area contributed by atoms with Gasteiger partial charge in [-0.25, -0.2) is 4.39 Å². The molecule has 112 valence electrons. The maximum Gasteiger partial charge on any atom is 0.193 e. The zero-order chi connectivity index (χ0) is 16.1. The maximum atomic E-state index is 12.9. The Balaban J connectivity index is 1.74. The molecule has 3 aromatic rings. The van der Waals surface area contributed by atoms with E-state index in [2.05, 4.69) is 0 Å². The third-order valence-corrected chi connectivity index (χ3v) is 3.55. The second-order valence-corrected chi connectivity index (χ2v) is 5.20. The number of benzene rings is 3. The molecule has 0 unspecified atom stereocenters. The van der Waals surface area contributed by atoms with Gasteiger partial charge in [0.2, 0.25) is 0 Å². The molecule has 0 aliphatic heterocycles. The van der Waals surface area contributed by atoms with Crippen LogP contribution < -0.4 is 0 Å². The number of hydrogen-bond donors (Lipinski definition) is 0. The van der Waals surface area contributed by atoms with Gasteiger partial charge in [0, 0.05) is 11.1 Å². The highest BCUT2D eigenvalue weighted by Crippen LogP contribution is 2.13. The van der Waals surface area contributed by atoms with Crippen molar-refractivity contribution in [2.75, 3.05) is 0 Å². The van der Waals surface area contributed by atoms with E-state index in [0.29, 0.717) is 11.1 Å². The van der Waals surface area contributed by atoms with Gasteiger partial charge in [-0.3, -0.25) is 4.79 Å². The van der Waals surface area contributed by atoms with Crippen LogP contribution in [0.5, 0.6) is 0 Å². The van der Waals surface area contributed by atoms with Crippen molar-refractivity contribution in [2.24, 2.45) is 0 Å². The lowest BCUT2D eigenvalue weighted by molar-refractivity contribution is 0.103. The number of hydrogen-bond acceptors (Lipinski definition) is 1. The molecule has 1 nitrogen and oxygen atoms in total. The molecule has 0 radical (unpaired) electrons. The van der Waals surface area contributed by atoms with Gasteiger partial charge in [-0.05, 0) is 23.3 Å². The molecule has 0 aliphatic carbocycles. The summed E-state index contributed by atoms with van der Waals surface area (Å²) < 4.78 is 12.9. The monoisotopic (exact) mass is 302 g/mol. The van der Waals surface area contributed by atoms with E-state index < -0.39 is 0 Å². The van der Waals surface area contributed by atoms with Crippen molar-refractivity contribution in [1.29, 1.82) is 0 Å². The molecule has 0 aromatic heterocycles. The van der Waals surface area contributed by atoms with E-state index in [9.17, 15) is 9.18 Å². The molecule has 0 bridgehead atoms. The highest BCUT2D eigenvalue weighted by molar-refractivity contribution is 6.09. The van der Waals surface area contributed by atoms with Gasteiger partial charge in [-0.15, -0.1) is 0 Å². The first kappa shape index (κ1) is 14.9. The van der Waals surface area contributed by atoms with E-state index in [0.717, 1.165) is 11.1 Å². The lowest BCUT2D eigenvalue weighted by Crippen LogP contribution is -2.00. The number of rotatable bonds is 4. The molecular weight excluding hydrogens is 287 g/mol. The minimum absolute atomic E-state index is 0.0136. The minimum atomic E-state index is -0.245. The average Bonchev–Trinajstić information content (AvgIpc) is 2.62. The molecule has 2 heteroatoms. The molecular formula is C21H15FO. The quantitative estimate of drug-likeness (QED) is 0.476. The topological polar surface area (TPSA) is 17.1 Å². The van der Waals surface area contributed by atoms with E-state index in [1.165, 1.54) is 12.1 Å². The van der Waals surface area contributed by atoms with E-state index in [1.807, 2.05) is 66.7 Å². The molecule has 3 aromatic carbocycles. The van der Waals surface area contributed by atoms with Crippen molar-refractivity contribution in [3.63, 3.8) is 0 Å². The summed E-state index contributed by atoms with van der Waals surface area (Å²) in [7, 11) is 0. The third-order valence-electron chi connectivity index (χ3n) is 3.55. The molecule has 23 heavy (non-hydrogen) atoms. The summed E-state index contributed by atoms with van der Waals surface area (Å²) in [4.78, 5) is 12.3. The Morgan fingerprint density at radius 2 is 1.13 bits per heavy atom. The Morgan fingerprint density at radius 1 is 0.652 bits per heavy atom. The fourth-order valence-electron chi connectivity index (χ4n) is 2.27. The van der Waals surface area contributed by atoms with Crippen LogP contribution in [0.2, 0.25) is 0 Å². The van der Waals surface area contributed by atoms with Gasteiger partial charge in [0.25, 0.3) is 0 Å². The van der Waals surface area contributed by atoms with Gasteiger partial charge < -0.3 is 0 Å². The van der Waals surface area contributed by atoms with Crippen LogP contribution in [0.25, 0.3) is 12.2 Å². The molecule has 0 spiro atoms. The summed E-state index contributed by atoms with van der Waals surface area (Å²) in [5.74, 6) is -0.231. The normalized spacial score (nSPS) is 10.8. The highest BCUT2D eigenvalue weighted by Gasteiger charge is 2.07. The zero-order valence-corrected chi connectivity index (χ0v) is 12.4. The van der Waals surface area contributed by atoms with Crippen LogP contribution >= 0.6 is 0 Å². The minimum Gasteiger partial charge on any atom is -0.289 e. The molecule has 0 amide bonds. The van der Waals surface area contributed by atoms with Crippen molar-refractivity contribution < 1.29 is 9.18 Å². The van der Waals surface area contributed by atoms with Crippen molar-refractivity contribution in [1.82, 2.24) is 0 Å². The van der Waals surface area contributed by atoms with Crippen molar-refractivity contribution in [2.45, 2.75) is 0 Å². The Bertz CT molecular complexity index is 816. The molecule has 3 rings (SSSR count). The van der Waals surface area contributed by atoms with E-state index >= 15 is 0 Å². The highest BCUT2D eigenvalue weighted by atomic mass is 19.1. The maximum absolute atomic E-state index is 12.9. The first-order valence-corrected chi connectivity index (χ1v) is 7.36. The number of carbonyl (C=O) groups excluding carboxylic acids is 1. The van der Waals surface area contributed by atoms with E-state index in [4.69, 9.17) is 0 Å². The van der Waals surface area contributed by atoms with Crippen LogP contribution in [-0.2, 0) is 0 Å². The fraction of sp³-hybridized carbons (Fsp3) is 0. The second kappa shape index (κ2) is 6.84. The molecule has 0 saturated heterocycles. The molecule has 0 aliphatic rings. The molecule has 0 fully saturated rings. The van der Waals surface area contributed by atoms with Crippen molar-refractivity contribution in [3.8, 4) is 0 Å². The Kier molecular flexibility index (Phi) is 4.44. The smallest absolute Gasteiger partial charge is 0.193 e. The molecule has 0 atom stereocenters. The largest absolute Gasteiger partial charge is 0.289 e. The van der Waals surface area contributed by atoms with Gasteiger partial charge in [0.15, 0.2) is 5.78 Å². The van der Waals surface area contributed by atoms with Crippen LogP contribution in [0.15, 0.2) is 78.9 Å². The average molecular weight is 302 g/mol. The van der Waals surface area contributed by atoms with Crippen LogP contribution in [0.3, 0.4) is 0 Å². The van der Waals surface area contributed by atoms with Crippen LogP contribution in [0.1, 0.15) is 27.0 Å². The van der Waals surface area contributed by atoms with Crippen LogP contribution in [-0.4, -0.2) is 5.78 Å². The predicted molar refractivity (Wildman–Crippen MR) is 91.6 cm³/mol. The lowest BCUT2D eigenvalue weighted by Gasteiger charge is -2.02. The molecule has 0 N–H and O–H groups in total. The second-order valence-electron chi connectivity index (χ2n) is 5.20. The first-order chi connectivity index (χ1) is 11.2. The summed E-state index contributed by atoms with van der Waals surface area (Å²) in [5.41, 5.74) is 3.26. The first-order valence-electron chi connectivity index (χ1n) is 7.36. The number of halogens is 1. The molecule has 0 saturated carbocycles. The van der Waals surface area contributed by atoms with Crippen LogP contribution in [0.4, 0.5) is 4.39 Å². The van der Waals surface area contributed by atoms with Gasteiger partial charge in [0.05, 0.1) is 0 Å². The summed E-state index contributed by atoms with van der Waals surface area (Å²) in [6.07, 6.45) is 3.84. The summed E-state index contributed by atoms with van der Waals surface area (Å²) in [6.45, 7) is 0. The number of carbonyl (C=O) groups is 1. The Hall–Kier alpha value is -3.00. The Morgan fingerprint density at radius 3 is 1.70 bits per heavy atom. The van der Waals surface area contributed by atoms with Gasteiger partial charge >= 0.3 is 0 Å². The summed E-state index contributed by atoms with van der Waals surface area (Å²) in [6, 6.07) is 23.0. The summed E-state index contributed by atoms with van der Waals surface area (Å²) in [5, 5.41) is 0. The van der Waals surface area contributed by atoms with Gasteiger partial charge in [-0.2, -0.15) is 0 Å². The summed E-state index contributed by atoms with van der Waals surface area (Å²) >= 11 is 0. The zero-order valence-electron chi connectivity index (χ0n) is 12.4. The molecule has 0 heterocycles. The van der Waals surface area contributed by atoms with Gasteiger partial charge in [0.1, 0.15) is 5.82 Å². The predicted octanol–water partition coefficient (Wildman–Crippen LogP) is 5.23. The number of ketones is 1. The third kappa shape index (κ3) is 3.80. The lowest BCUT2D eigenvalue weighted by atomic mass is 10.0. The van der Waals surface area contributed by atoms with E-state index in [-0.39, 0.29) is 11.6 Å². The van der Waals surface area contributed by atoms with E-state index in [1.54, 1.807) is 12.1 Å².